The number of carbonyl (C=O) groups is 2. The predicted molar refractivity (Wildman–Crippen MR) is 70.1 cm³/mol. The van der Waals surface area contributed by atoms with E-state index >= 15 is 0 Å². The summed E-state index contributed by atoms with van der Waals surface area (Å²) in [6.07, 6.45) is 4.15. The molecule has 0 radical (unpaired) electrons. The zero-order valence-corrected chi connectivity index (χ0v) is 11.9. The fourth-order valence-corrected chi connectivity index (χ4v) is 1.63. The number of carbonyl (C=O) groups excluding carboxylic acids is 2. The summed E-state index contributed by atoms with van der Waals surface area (Å²) >= 11 is 0. The van der Waals surface area contributed by atoms with Crippen LogP contribution in [0.25, 0.3) is 0 Å². The van der Waals surface area contributed by atoms with E-state index in [9.17, 15) is 9.59 Å². The maximum atomic E-state index is 11.7. The van der Waals surface area contributed by atoms with Crippen LogP contribution in [-0.4, -0.2) is 25.2 Å². The summed E-state index contributed by atoms with van der Waals surface area (Å²) in [5.74, 6) is -0.570. The van der Waals surface area contributed by atoms with Gasteiger partial charge in [0.2, 0.25) is 0 Å². The lowest BCUT2D eigenvalue weighted by atomic mass is 9.98. The quantitative estimate of drug-likeness (QED) is 0.565. The summed E-state index contributed by atoms with van der Waals surface area (Å²) in [6, 6.07) is 0. The van der Waals surface area contributed by atoms with Gasteiger partial charge in [0.25, 0.3) is 0 Å². The number of hydrogen-bond acceptors (Lipinski definition) is 4. The Morgan fingerprint density at radius 2 is 1.50 bits per heavy atom. The third-order valence-corrected chi connectivity index (χ3v) is 2.58. The number of ether oxygens (including phenoxy) is 2. The largest absolute Gasteiger partial charge is 0.466 e. The summed E-state index contributed by atoms with van der Waals surface area (Å²) in [7, 11) is 0. The first-order chi connectivity index (χ1) is 8.65. The van der Waals surface area contributed by atoms with Crippen molar-refractivity contribution in [3.05, 3.63) is 0 Å². The molecule has 0 bridgehead atoms. The Balaban J connectivity index is 4.02. The second-order valence-electron chi connectivity index (χ2n) is 4.41. The molecule has 0 fully saturated rings. The summed E-state index contributed by atoms with van der Waals surface area (Å²) < 4.78 is 10.1. The molecule has 106 valence electrons. The molecule has 0 aliphatic rings. The zero-order chi connectivity index (χ0) is 13.8. The van der Waals surface area contributed by atoms with Crippen LogP contribution in [0.2, 0.25) is 0 Å². The topological polar surface area (TPSA) is 52.6 Å². The van der Waals surface area contributed by atoms with Gasteiger partial charge in [0.1, 0.15) is 0 Å². The lowest BCUT2D eigenvalue weighted by Crippen LogP contribution is -2.20. The molecule has 0 saturated heterocycles. The maximum absolute atomic E-state index is 11.7. The van der Waals surface area contributed by atoms with Crippen molar-refractivity contribution in [3.63, 3.8) is 0 Å². The standard InChI is InChI=1S/C14H26O4/c1-4-7-12(14(16)18-11-6-3)8-9-13(15)17-10-5-2/h12H,4-11H2,1-3H3. The Morgan fingerprint density at radius 3 is 2.06 bits per heavy atom. The Bertz CT molecular complexity index is 238. The Morgan fingerprint density at radius 1 is 0.889 bits per heavy atom. The fourth-order valence-electron chi connectivity index (χ4n) is 1.63. The number of hydrogen-bond donors (Lipinski definition) is 0. The summed E-state index contributed by atoms with van der Waals surface area (Å²) in [5, 5.41) is 0. The van der Waals surface area contributed by atoms with Gasteiger partial charge in [-0.3, -0.25) is 9.59 Å². The van der Waals surface area contributed by atoms with E-state index < -0.39 is 0 Å². The van der Waals surface area contributed by atoms with Crippen molar-refractivity contribution >= 4 is 11.9 Å². The van der Waals surface area contributed by atoms with Crippen LogP contribution in [0.4, 0.5) is 0 Å². The smallest absolute Gasteiger partial charge is 0.308 e. The molecule has 0 N–H and O–H groups in total. The van der Waals surface area contributed by atoms with Gasteiger partial charge in [-0.25, -0.2) is 0 Å². The highest BCUT2D eigenvalue weighted by molar-refractivity contribution is 5.74. The summed E-state index contributed by atoms with van der Waals surface area (Å²) in [6.45, 7) is 6.85. The minimum atomic E-state index is -0.221. The van der Waals surface area contributed by atoms with Gasteiger partial charge in [0, 0.05) is 6.42 Å². The van der Waals surface area contributed by atoms with Crippen LogP contribution in [0.3, 0.4) is 0 Å². The van der Waals surface area contributed by atoms with E-state index in [0.29, 0.717) is 26.1 Å². The average molecular weight is 258 g/mol. The molecule has 1 atom stereocenters. The second kappa shape index (κ2) is 11.1. The number of rotatable bonds is 10. The van der Waals surface area contributed by atoms with Crippen molar-refractivity contribution in [2.45, 2.75) is 59.3 Å². The van der Waals surface area contributed by atoms with Crippen molar-refractivity contribution in [2.75, 3.05) is 13.2 Å². The summed E-state index contributed by atoms with van der Waals surface area (Å²) in [4.78, 5) is 23.1. The summed E-state index contributed by atoms with van der Waals surface area (Å²) in [5.41, 5.74) is 0. The number of esters is 2. The first-order valence-electron chi connectivity index (χ1n) is 6.97. The van der Waals surface area contributed by atoms with Gasteiger partial charge in [0.15, 0.2) is 0 Å². The van der Waals surface area contributed by atoms with Gasteiger partial charge in [0.05, 0.1) is 19.1 Å². The predicted octanol–water partition coefficient (Wildman–Crippen LogP) is 3.09. The van der Waals surface area contributed by atoms with Gasteiger partial charge in [-0.05, 0) is 25.7 Å². The Kier molecular flexibility index (Phi) is 10.4. The van der Waals surface area contributed by atoms with Crippen LogP contribution in [-0.2, 0) is 19.1 Å². The van der Waals surface area contributed by atoms with Gasteiger partial charge < -0.3 is 9.47 Å². The molecule has 0 aliphatic carbocycles. The van der Waals surface area contributed by atoms with Gasteiger partial charge >= 0.3 is 11.9 Å². The Hall–Kier alpha value is -1.06. The van der Waals surface area contributed by atoms with Crippen molar-refractivity contribution in [1.29, 1.82) is 0 Å². The Labute approximate surface area is 110 Å². The first-order valence-corrected chi connectivity index (χ1v) is 6.97. The van der Waals surface area contributed by atoms with E-state index in [0.717, 1.165) is 25.7 Å². The van der Waals surface area contributed by atoms with Crippen LogP contribution in [0.15, 0.2) is 0 Å². The molecule has 18 heavy (non-hydrogen) atoms. The van der Waals surface area contributed by atoms with E-state index in [1.165, 1.54) is 0 Å². The minimum absolute atomic E-state index is 0.171. The van der Waals surface area contributed by atoms with Crippen molar-refractivity contribution in [3.8, 4) is 0 Å². The molecule has 0 rings (SSSR count). The molecule has 1 unspecified atom stereocenters. The zero-order valence-electron chi connectivity index (χ0n) is 11.9. The molecule has 4 nitrogen and oxygen atoms in total. The second-order valence-corrected chi connectivity index (χ2v) is 4.41. The highest BCUT2D eigenvalue weighted by Crippen LogP contribution is 2.16. The van der Waals surface area contributed by atoms with Crippen LogP contribution in [0.1, 0.15) is 59.3 Å². The molecule has 0 aliphatic heterocycles. The van der Waals surface area contributed by atoms with Gasteiger partial charge in [-0.15, -0.1) is 0 Å². The van der Waals surface area contributed by atoms with Crippen molar-refractivity contribution in [2.24, 2.45) is 5.92 Å². The van der Waals surface area contributed by atoms with Gasteiger partial charge in [-0.1, -0.05) is 27.2 Å². The minimum Gasteiger partial charge on any atom is -0.466 e. The normalized spacial score (nSPS) is 11.9. The van der Waals surface area contributed by atoms with E-state index in [-0.39, 0.29) is 17.9 Å². The SMILES string of the molecule is CCCOC(=O)CCC(CCC)C(=O)OCCC. The molecule has 0 aromatic rings. The maximum Gasteiger partial charge on any atom is 0.308 e. The highest BCUT2D eigenvalue weighted by atomic mass is 16.5. The van der Waals surface area contributed by atoms with E-state index in [2.05, 4.69) is 0 Å². The van der Waals surface area contributed by atoms with Crippen LogP contribution in [0, 0.1) is 5.92 Å². The van der Waals surface area contributed by atoms with Crippen LogP contribution < -0.4 is 0 Å². The van der Waals surface area contributed by atoms with Crippen LogP contribution in [0.5, 0.6) is 0 Å². The third-order valence-electron chi connectivity index (χ3n) is 2.58. The molecule has 0 heterocycles. The molecule has 4 heteroatoms. The molecule has 0 spiro atoms. The fraction of sp³-hybridized carbons (Fsp3) is 0.857. The third kappa shape index (κ3) is 8.09. The molecule has 0 aromatic heterocycles. The lowest BCUT2D eigenvalue weighted by molar-refractivity contribution is -0.150. The monoisotopic (exact) mass is 258 g/mol. The van der Waals surface area contributed by atoms with E-state index in [1.54, 1.807) is 0 Å². The highest BCUT2D eigenvalue weighted by Gasteiger charge is 2.20. The molecule has 0 amide bonds. The first kappa shape index (κ1) is 16.9. The van der Waals surface area contributed by atoms with Gasteiger partial charge in [-0.2, -0.15) is 0 Å². The van der Waals surface area contributed by atoms with E-state index in [1.807, 2.05) is 20.8 Å². The van der Waals surface area contributed by atoms with E-state index in [4.69, 9.17) is 9.47 Å². The van der Waals surface area contributed by atoms with Crippen molar-refractivity contribution < 1.29 is 19.1 Å². The lowest BCUT2D eigenvalue weighted by Gasteiger charge is -2.14. The molecule has 0 aromatic carbocycles. The molecular weight excluding hydrogens is 232 g/mol. The molecular formula is C14H26O4. The molecule has 0 saturated carbocycles. The average Bonchev–Trinajstić information content (AvgIpc) is 2.38. The van der Waals surface area contributed by atoms with Crippen molar-refractivity contribution in [1.82, 2.24) is 0 Å². The van der Waals surface area contributed by atoms with Crippen LogP contribution >= 0.6 is 0 Å².